The molecule has 3 rings (SSSR count). The minimum atomic E-state index is -1.19. The number of amides is 2. The Balaban J connectivity index is 1.87. The molecule has 0 bridgehead atoms. The summed E-state index contributed by atoms with van der Waals surface area (Å²) in [6.07, 6.45) is 1.42. The number of carbonyl (C=O) groups is 3. The van der Waals surface area contributed by atoms with Crippen LogP contribution in [0.15, 0.2) is 35.2 Å². The number of hydrogen-bond donors (Lipinski definition) is 1. The highest BCUT2D eigenvalue weighted by molar-refractivity contribution is 8.18. The Morgan fingerprint density at radius 2 is 2.00 bits per heavy atom. The fourth-order valence-electron chi connectivity index (χ4n) is 2.73. The van der Waals surface area contributed by atoms with Crippen molar-refractivity contribution in [3.8, 4) is 11.5 Å². The lowest BCUT2D eigenvalue weighted by Gasteiger charge is -2.14. The molecule has 0 unspecified atom stereocenters. The summed E-state index contributed by atoms with van der Waals surface area (Å²) in [7, 11) is 1.34. The summed E-state index contributed by atoms with van der Waals surface area (Å²) in [5.41, 5.74) is 0.455. The van der Waals surface area contributed by atoms with Crippen molar-refractivity contribution >= 4 is 58.2 Å². The van der Waals surface area contributed by atoms with Crippen LogP contribution < -0.4 is 9.47 Å². The molecule has 2 amide bonds. The number of benzene rings is 2. The minimum absolute atomic E-state index is 0.0333. The number of imide groups is 1. The Hall–Kier alpha value is -2.75. The number of thioether (sulfide) groups is 1. The number of halogens is 3. The molecule has 2 aromatic carbocycles. The van der Waals surface area contributed by atoms with Crippen LogP contribution in [0.1, 0.15) is 11.1 Å². The number of hydrogen-bond acceptors (Lipinski definition) is 6. The van der Waals surface area contributed by atoms with Gasteiger partial charge in [0.25, 0.3) is 11.1 Å². The third kappa shape index (κ3) is 5.12. The fraction of sp³-hybridized carbons (Fsp3) is 0.150. The van der Waals surface area contributed by atoms with Gasteiger partial charge < -0.3 is 14.6 Å². The van der Waals surface area contributed by atoms with Gasteiger partial charge in [0.15, 0.2) is 18.1 Å². The average molecular weight is 486 g/mol. The molecular weight excluding hydrogens is 472 g/mol. The summed E-state index contributed by atoms with van der Waals surface area (Å²) >= 11 is 12.8. The molecular formula is C20H14Cl2FNO6S. The third-order valence-corrected chi connectivity index (χ3v) is 5.68. The predicted molar refractivity (Wildman–Crippen MR) is 114 cm³/mol. The zero-order chi connectivity index (χ0) is 22.7. The maximum atomic E-state index is 14.0. The minimum Gasteiger partial charge on any atom is -0.493 e. The number of ether oxygens (including phenoxy) is 2. The maximum Gasteiger partial charge on any atom is 0.341 e. The van der Waals surface area contributed by atoms with Gasteiger partial charge in [0.1, 0.15) is 5.82 Å². The first kappa shape index (κ1) is 22.9. The quantitative estimate of drug-likeness (QED) is 0.560. The van der Waals surface area contributed by atoms with Crippen molar-refractivity contribution in [2.24, 2.45) is 0 Å². The van der Waals surface area contributed by atoms with Gasteiger partial charge in [-0.1, -0.05) is 29.3 Å². The highest BCUT2D eigenvalue weighted by Crippen LogP contribution is 2.39. The van der Waals surface area contributed by atoms with Crippen molar-refractivity contribution in [3.63, 3.8) is 0 Å². The molecule has 1 aliphatic heterocycles. The van der Waals surface area contributed by atoms with E-state index in [2.05, 4.69) is 0 Å². The van der Waals surface area contributed by atoms with E-state index in [9.17, 15) is 18.8 Å². The monoisotopic (exact) mass is 485 g/mol. The zero-order valence-corrected chi connectivity index (χ0v) is 18.2. The second-order valence-corrected chi connectivity index (χ2v) is 7.99. The average Bonchev–Trinajstić information content (AvgIpc) is 2.96. The fourth-order valence-corrected chi connectivity index (χ4v) is 4.06. The largest absolute Gasteiger partial charge is 0.493 e. The molecule has 1 saturated heterocycles. The number of nitrogens with zero attached hydrogens (tertiary/aromatic N) is 1. The second kappa shape index (κ2) is 9.59. The van der Waals surface area contributed by atoms with Crippen LogP contribution in [0, 0.1) is 5.82 Å². The van der Waals surface area contributed by atoms with Crippen molar-refractivity contribution < 1.29 is 33.4 Å². The number of aliphatic carboxylic acids is 1. The van der Waals surface area contributed by atoms with Gasteiger partial charge in [-0.3, -0.25) is 14.5 Å². The Bertz CT molecular complexity index is 1090. The van der Waals surface area contributed by atoms with Crippen LogP contribution in [0.4, 0.5) is 9.18 Å². The molecule has 31 heavy (non-hydrogen) atoms. The molecule has 1 heterocycles. The van der Waals surface area contributed by atoms with E-state index in [1.165, 1.54) is 43.5 Å². The number of methoxy groups -OCH3 is 1. The summed E-state index contributed by atoms with van der Waals surface area (Å²) in [4.78, 5) is 36.8. The molecule has 162 valence electrons. The van der Waals surface area contributed by atoms with Crippen molar-refractivity contribution in [2.45, 2.75) is 6.54 Å². The maximum absolute atomic E-state index is 14.0. The van der Waals surface area contributed by atoms with Crippen LogP contribution in [0.2, 0.25) is 10.0 Å². The van der Waals surface area contributed by atoms with Crippen molar-refractivity contribution in [3.05, 3.63) is 62.2 Å². The Morgan fingerprint density at radius 3 is 2.65 bits per heavy atom. The van der Waals surface area contributed by atoms with Gasteiger partial charge in [-0.25, -0.2) is 9.18 Å². The Labute approximate surface area is 190 Å². The lowest BCUT2D eigenvalue weighted by Crippen LogP contribution is -2.28. The van der Waals surface area contributed by atoms with E-state index in [1.807, 2.05) is 0 Å². The molecule has 0 radical (unpaired) electrons. The molecule has 0 aromatic heterocycles. The highest BCUT2D eigenvalue weighted by Gasteiger charge is 2.36. The van der Waals surface area contributed by atoms with E-state index >= 15 is 0 Å². The van der Waals surface area contributed by atoms with Gasteiger partial charge >= 0.3 is 5.97 Å². The van der Waals surface area contributed by atoms with Crippen LogP contribution in [0.3, 0.4) is 0 Å². The zero-order valence-electron chi connectivity index (χ0n) is 15.9. The van der Waals surface area contributed by atoms with Gasteiger partial charge in [0, 0.05) is 10.6 Å². The van der Waals surface area contributed by atoms with Crippen LogP contribution in [-0.2, 0) is 16.1 Å². The van der Waals surface area contributed by atoms with Crippen LogP contribution in [0.5, 0.6) is 11.5 Å². The summed E-state index contributed by atoms with van der Waals surface area (Å²) in [5, 5.41) is 8.36. The molecule has 1 fully saturated rings. The van der Waals surface area contributed by atoms with E-state index in [0.717, 1.165) is 4.90 Å². The van der Waals surface area contributed by atoms with Gasteiger partial charge in [-0.15, -0.1) is 0 Å². The lowest BCUT2D eigenvalue weighted by atomic mass is 10.1. The predicted octanol–water partition coefficient (Wildman–Crippen LogP) is 4.84. The molecule has 0 saturated carbocycles. The van der Waals surface area contributed by atoms with E-state index in [-0.39, 0.29) is 38.6 Å². The molecule has 0 atom stereocenters. The summed E-state index contributed by atoms with van der Waals surface area (Å²) in [6, 6.07) is 7.00. The topological polar surface area (TPSA) is 93.1 Å². The molecule has 1 aliphatic rings. The molecule has 0 spiro atoms. The number of carboxylic acid groups (broad SMARTS) is 1. The Morgan fingerprint density at radius 1 is 1.26 bits per heavy atom. The van der Waals surface area contributed by atoms with E-state index in [0.29, 0.717) is 17.3 Å². The first-order valence-electron chi connectivity index (χ1n) is 8.61. The number of carboxylic acids is 1. The van der Waals surface area contributed by atoms with Crippen LogP contribution in [-0.4, -0.2) is 40.8 Å². The molecule has 1 N–H and O–H groups in total. The van der Waals surface area contributed by atoms with Crippen molar-refractivity contribution in [1.29, 1.82) is 0 Å². The van der Waals surface area contributed by atoms with E-state index < -0.39 is 29.5 Å². The summed E-state index contributed by atoms with van der Waals surface area (Å²) < 4.78 is 24.4. The summed E-state index contributed by atoms with van der Waals surface area (Å²) in [5.74, 6) is -2.24. The molecule has 2 aromatic rings. The van der Waals surface area contributed by atoms with Gasteiger partial charge in [-0.2, -0.15) is 0 Å². The van der Waals surface area contributed by atoms with Crippen LogP contribution in [0.25, 0.3) is 6.08 Å². The van der Waals surface area contributed by atoms with Gasteiger partial charge in [0.05, 0.1) is 23.6 Å². The first-order valence-corrected chi connectivity index (χ1v) is 10.2. The van der Waals surface area contributed by atoms with E-state index in [4.69, 9.17) is 37.8 Å². The van der Waals surface area contributed by atoms with Crippen LogP contribution >= 0.6 is 35.0 Å². The van der Waals surface area contributed by atoms with Gasteiger partial charge in [-0.05, 0) is 47.7 Å². The first-order chi connectivity index (χ1) is 14.7. The highest BCUT2D eigenvalue weighted by atomic mass is 35.5. The molecule has 11 heteroatoms. The normalized spacial score (nSPS) is 15.0. The lowest BCUT2D eigenvalue weighted by molar-refractivity contribution is -0.139. The third-order valence-electron chi connectivity index (χ3n) is 4.14. The second-order valence-electron chi connectivity index (χ2n) is 6.18. The van der Waals surface area contributed by atoms with Gasteiger partial charge in [0.2, 0.25) is 0 Å². The van der Waals surface area contributed by atoms with Crippen molar-refractivity contribution in [1.82, 2.24) is 4.90 Å². The number of rotatable bonds is 7. The smallest absolute Gasteiger partial charge is 0.341 e. The number of carbonyl (C=O) groups excluding carboxylic acids is 2. The van der Waals surface area contributed by atoms with Crippen molar-refractivity contribution in [2.75, 3.05) is 13.7 Å². The Kier molecular flexibility index (Phi) is 7.09. The summed E-state index contributed by atoms with van der Waals surface area (Å²) in [6.45, 7) is -0.924. The molecule has 7 nitrogen and oxygen atoms in total. The van der Waals surface area contributed by atoms with E-state index in [1.54, 1.807) is 0 Å². The SMILES string of the molecule is COc1cc(/C=C2\SC(=O)N(Cc3c(F)cccc3Cl)C2=O)cc(Cl)c1OCC(=O)O. The molecule has 0 aliphatic carbocycles. The standard InChI is InChI=1S/C20H14Cl2FNO6S/c1-29-15-6-10(5-13(22)18(15)30-9-17(25)26)7-16-19(27)24(20(28)31-16)8-11-12(21)3-2-4-14(11)23/h2-7H,8-9H2,1H3,(H,25,26)/b16-7-.